The lowest BCUT2D eigenvalue weighted by Crippen LogP contribution is -2.35. The number of carbonyl (C=O) groups excluding carboxylic acids is 2. The lowest BCUT2D eigenvalue weighted by molar-refractivity contribution is -0.131. The number of hydrogen-bond donors (Lipinski definition) is 1. The molecule has 3 rings (SSSR count). The Hall–Kier alpha value is -3.35. The van der Waals surface area contributed by atoms with Crippen LogP contribution >= 0.6 is 0 Å². The summed E-state index contributed by atoms with van der Waals surface area (Å²) in [5.41, 5.74) is 2.36. The van der Waals surface area contributed by atoms with E-state index in [0.29, 0.717) is 24.3 Å². The molecule has 0 aliphatic heterocycles. The summed E-state index contributed by atoms with van der Waals surface area (Å²) in [6.45, 7) is 6.36. The molecule has 0 radical (unpaired) electrons. The quantitative estimate of drug-likeness (QED) is 0.498. The highest BCUT2D eigenvalue weighted by atomic mass is 16.5. The van der Waals surface area contributed by atoms with Crippen molar-refractivity contribution < 1.29 is 14.3 Å². The van der Waals surface area contributed by atoms with Gasteiger partial charge in [0.25, 0.3) is 5.91 Å². The summed E-state index contributed by atoms with van der Waals surface area (Å²) in [5, 5.41) is 2.94. The number of benzene rings is 2. The van der Waals surface area contributed by atoms with Crippen LogP contribution in [0.3, 0.4) is 0 Å². The number of fused-ring (bicyclic) bond motifs is 1. The minimum absolute atomic E-state index is 0.0976. The van der Waals surface area contributed by atoms with Gasteiger partial charge in [-0.25, -0.2) is 4.98 Å². The molecule has 0 saturated heterocycles. The first kappa shape index (κ1) is 23.3. The lowest BCUT2D eigenvalue weighted by atomic mass is 10.2. The molecule has 0 atom stereocenters. The zero-order valence-corrected chi connectivity index (χ0v) is 19.1. The van der Waals surface area contributed by atoms with Gasteiger partial charge in [0.2, 0.25) is 5.91 Å². The number of hydrogen-bond acceptors (Lipinski definition) is 4. The van der Waals surface area contributed by atoms with E-state index in [1.54, 1.807) is 31.4 Å². The summed E-state index contributed by atoms with van der Waals surface area (Å²) in [6, 6.07) is 14.8. The Morgan fingerprint density at radius 3 is 2.38 bits per heavy atom. The highest BCUT2D eigenvalue weighted by Crippen LogP contribution is 2.17. The fourth-order valence-corrected chi connectivity index (χ4v) is 3.76. The van der Waals surface area contributed by atoms with Crippen molar-refractivity contribution in [2.24, 2.45) is 0 Å². The molecule has 32 heavy (non-hydrogen) atoms. The van der Waals surface area contributed by atoms with Crippen molar-refractivity contribution in [3.8, 4) is 5.75 Å². The topological polar surface area (TPSA) is 76.5 Å². The second-order valence-electron chi connectivity index (χ2n) is 7.72. The third kappa shape index (κ3) is 5.66. The summed E-state index contributed by atoms with van der Waals surface area (Å²) >= 11 is 0. The van der Waals surface area contributed by atoms with Crippen LogP contribution in [-0.2, 0) is 17.8 Å². The van der Waals surface area contributed by atoms with Gasteiger partial charge in [-0.15, -0.1) is 0 Å². The van der Waals surface area contributed by atoms with Gasteiger partial charge >= 0.3 is 0 Å². The fourth-order valence-electron chi connectivity index (χ4n) is 3.76. The minimum Gasteiger partial charge on any atom is -0.497 e. The molecule has 0 bridgehead atoms. The Kier molecular flexibility index (Phi) is 8.25. The van der Waals surface area contributed by atoms with Gasteiger partial charge in [0.1, 0.15) is 18.1 Å². The molecule has 0 unspecified atom stereocenters. The zero-order chi connectivity index (χ0) is 22.9. The Bertz CT molecular complexity index is 1040. The number of aromatic nitrogens is 2. The monoisotopic (exact) mass is 436 g/mol. The van der Waals surface area contributed by atoms with E-state index in [1.807, 2.05) is 33.7 Å². The van der Waals surface area contributed by atoms with Gasteiger partial charge in [0.15, 0.2) is 0 Å². The summed E-state index contributed by atoms with van der Waals surface area (Å²) in [4.78, 5) is 32.1. The normalized spacial score (nSPS) is 10.8. The number of methoxy groups -OCH3 is 1. The minimum atomic E-state index is -0.150. The van der Waals surface area contributed by atoms with Crippen molar-refractivity contribution in [2.75, 3.05) is 26.7 Å². The van der Waals surface area contributed by atoms with Gasteiger partial charge in [0, 0.05) is 31.6 Å². The highest BCUT2D eigenvalue weighted by Gasteiger charge is 2.17. The number of para-hydroxylation sites is 2. The van der Waals surface area contributed by atoms with Crippen LogP contribution in [0.2, 0.25) is 0 Å². The first-order chi connectivity index (χ1) is 15.6. The molecule has 3 aromatic rings. The Morgan fingerprint density at radius 1 is 1.03 bits per heavy atom. The van der Waals surface area contributed by atoms with Crippen LogP contribution in [0.5, 0.6) is 5.75 Å². The lowest BCUT2D eigenvalue weighted by Gasteiger charge is -2.22. The molecule has 2 amide bonds. The smallest absolute Gasteiger partial charge is 0.251 e. The molecule has 1 heterocycles. The number of ether oxygens (including phenoxy) is 1. The fraction of sp³-hybridized carbons (Fsp3) is 0.400. The van der Waals surface area contributed by atoms with Crippen molar-refractivity contribution in [3.63, 3.8) is 0 Å². The number of nitrogens with one attached hydrogen (secondary N) is 1. The van der Waals surface area contributed by atoms with E-state index < -0.39 is 0 Å². The van der Waals surface area contributed by atoms with E-state index in [0.717, 1.165) is 42.8 Å². The van der Waals surface area contributed by atoms with Crippen LogP contribution in [0.1, 0.15) is 42.9 Å². The van der Waals surface area contributed by atoms with E-state index in [-0.39, 0.29) is 18.4 Å². The van der Waals surface area contributed by atoms with Gasteiger partial charge < -0.3 is 19.5 Å². The molecule has 0 aliphatic carbocycles. The number of imidazole rings is 1. The average molecular weight is 437 g/mol. The third-order valence-electron chi connectivity index (χ3n) is 5.35. The van der Waals surface area contributed by atoms with Crippen molar-refractivity contribution in [2.45, 2.75) is 39.7 Å². The SMILES string of the molecule is CCCN(CCC)C(=O)Cn1c(CCNC(=O)c2ccc(OC)cc2)nc2ccccc21. The van der Waals surface area contributed by atoms with Crippen LogP contribution in [-0.4, -0.2) is 53.0 Å². The Labute approximate surface area is 189 Å². The predicted molar refractivity (Wildman–Crippen MR) is 126 cm³/mol. The molecule has 1 N–H and O–H groups in total. The van der Waals surface area contributed by atoms with Crippen molar-refractivity contribution in [1.29, 1.82) is 0 Å². The first-order valence-electron chi connectivity index (χ1n) is 11.2. The molecular formula is C25H32N4O3. The summed E-state index contributed by atoms with van der Waals surface area (Å²) in [5.74, 6) is 1.45. The molecule has 0 spiro atoms. The van der Waals surface area contributed by atoms with Gasteiger partial charge in [-0.2, -0.15) is 0 Å². The number of rotatable bonds is 11. The average Bonchev–Trinajstić information content (AvgIpc) is 3.16. The number of carbonyl (C=O) groups is 2. The van der Waals surface area contributed by atoms with E-state index in [4.69, 9.17) is 9.72 Å². The van der Waals surface area contributed by atoms with Crippen LogP contribution < -0.4 is 10.1 Å². The van der Waals surface area contributed by atoms with Crippen molar-refractivity contribution >= 4 is 22.8 Å². The first-order valence-corrected chi connectivity index (χ1v) is 11.2. The maximum absolute atomic E-state index is 13.0. The predicted octanol–water partition coefficient (Wildman–Crippen LogP) is 3.67. The molecular weight excluding hydrogens is 404 g/mol. The highest BCUT2D eigenvalue weighted by molar-refractivity contribution is 5.94. The van der Waals surface area contributed by atoms with Crippen LogP contribution in [0.25, 0.3) is 11.0 Å². The second kappa shape index (κ2) is 11.3. The van der Waals surface area contributed by atoms with E-state index >= 15 is 0 Å². The van der Waals surface area contributed by atoms with Gasteiger partial charge in [-0.05, 0) is 49.2 Å². The van der Waals surface area contributed by atoms with Gasteiger partial charge in [0.05, 0.1) is 18.1 Å². The number of amides is 2. The van der Waals surface area contributed by atoms with E-state index in [2.05, 4.69) is 19.2 Å². The second-order valence-corrected chi connectivity index (χ2v) is 7.72. The Balaban J connectivity index is 1.72. The molecule has 7 heteroatoms. The van der Waals surface area contributed by atoms with Crippen LogP contribution in [0, 0.1) is 0 Å². The van der Waals surface area contributed by atoms with Crippen LogP contribution in [0.4, 0.5) is 0 Å². The largest absolute Gasteiger partial charge is 0.497 e. The van der Waals surface area contributed by atoms with Gasteiger partial charge in [-0.3, -0.25) is 9.59 Å². The molecule has 170 valence electrons. The molecule has 0 fully saturated rings. The third-order valence-corrected chi connectivity index (χ3v) is 5.35. The zero-order valence-electron chi connectivity index (χ0n) is 19.1. The molecule has 1 aromatic heterocycles. The van der Waals surface area contributed by atoms with E-state index in [9.17, 15) is 9.59 Å². The Morgan fingerprint density at radius 2 is 1.72 bits per heavy atom. The van der Waals surface area contributed by atoms with E-state index in [1.165, 1.54) is 0 Å². The van der Waals surface area contributed by atoms with Crippen LogP contribution in [0.15, 0.2) is 48.5 Å². The summed E-state index contributed by atoms with van der Waals surface area (Å²) in [7, 11) is 1.59. The molecule has 2 aromatic carbocycles. The van der Waals surface area contributed by atoms with Gasteiger partial charge in [-0.1, -0.05) is 26.0 Å². The number of nitrogens with zero attached hydrogens (tertiary/aromatic N) is 3. The summed E-state index contributed by atoms with van der Waals surface area (Å²) in [6.07, 6.45) is 2.40. The van der Waals surface area contributed by atoms with Crippen molar-refractivity contribution in [3.05, 3.63) is 59.9 Å². The maximum Gasteiger partial charge on any atom is 0.251 e. The van der Waals surface area contributed by atoms with Crippen molar-refractivity contribution in [1.82, 2.24) is 19.8 Å². The maximum atomic E-state index is 13.0. The molecule has 0 aliphatic rings. The molecule has 0 saturated carbocycles. The summed E-state index contributed by atoms with van der Waals surface area (Å²) < 4.78 is 7.12. The molecule has 7 nitrogen and oxygen atoms in total. The standard InChI is InChI=1S/C25H32N4O3/c1-4-16-28(17-5-2)24(30)18-29-22-9-7-6-8-21(22)27-23(29)14-15-26-25(31)19-10-12-20(32-3)13-11-19/h6-13H,4-5,14-18H2,1-3H3,(H,26,31).